The first-order valence-electron chi connectivity index (χ1n) is 24.9. The molecule has 29 heteroatoms. The molecule has 420 valence electrons. The van der Waals surface area contributed by atoms with Crippen LogP contribution in [0.5, 0.6) is 0 Å². The molecule has 1 fully saturated rings. The molecule has 27 nitrogen and oxygen atoms in total. The minimum Gasteiger partial charge on any atom is -0.370 e. The summed E-state index contributed by atoms with van der Waals surface area (Å²) >= 11 is 0. The van der Waals surface area contributed by atoms with Crippen molar-refractivity contribution in [2.45, 2.75) is 107 Å². The van der Waals surface area contributed by atoms with Crippen LogP contribution in [0.3, 0.4) is 0 Å². The third-order valence-electron chi connectivity index (χ3n) is 12.1. The summed E-state index contributed by atoms with van der Waals surface area (Å²) in [5.41, 5.74) is 30.3. The number of primary amides is 1. The number of nitrogens with zero attached hydrogens (tertiary/aromatic N) is 3. The van der Waals surface area contributed by atoms with E-state index < -0.39 is 101 Å². The Kier molecular flexibility index (Phi) is 23.6. The summed E-state index contributed by atoms with van der Waals surface area (Å²) in [6, 6.07) is 5.16. The third kappa shape index (κ3) is 19.7. The fourth-order valence-corrected chi connectivity index (χ4v) is 10.4. The van der Waals surface area contributed by atoms with Crippen LogP contribution < -0.4 is 71.2 Å². The predicted octanol–water partition coefficient (Wildman–Crippen LogP) is -3.18. The van der Waals surface area contributed by atoms with Crippen LogP contribution in [-0.4, -0.2) is 153 Å². The first kappa shape index (κ1) is 60.5. The first-order valence-corrected chi connectivity index (χ1v) is 27.4. The second kappa shape index (κ2) is 30.4. The molecular formula is C49H68N18O9S2. The number of rotatable bonds is 18. The Bertz CT molecular complexity index is 2770. The zero-order chi connectivity index (χ0) is 56.7. The van der Waals surface area contributed by atoms with E-state index in [-0.39, 0.29) is 81.5 Å². The van der Waals surface area contributed by atoms with Gasteiger partial charge in [0.05, 0.1) is 6.33 Å². The molecule has 4 aromatic rings. The molecule has 9 amide bonds. The standard InChI is InChI=1S/C49H68N18O9S2/c1-26-41(70)63-37(20-30-22-55-25-59-30)46(75)64-35(18-28-10-4-3-5-11-28)44(73)62-34(15-9-17-57-49(53)54)43(72)65-36(19-29-21-58-32-13-7-6-12-31(29)32)45(74)66-38(40(50)69)23-77-78-24-39(47(76)60-26)67-42(71)33(61-27(2)68)14-8-16-56-48(51)52/h3-7,10-13,21-22,25-26,33-39,58H,8-9,14-20,23-24H2,1-2H3,(H2,50,69)(H,55,59)(H,60,76)(H,61,68)(H,62,73)(H,63,70)(H,64,75)(H,65,72)(H,66,74)(H,67,71)(H4,51,52,56)(H4,53,54,57)/t26-,33+,34+,35-,36+,37?,38?,39?/m1/s1. The number of hydrogen-bond donors (Lipinski definition) is 15. The maximum Gasteiger partial charge on any atom is 0.244 e. The van der Waals surface area contributed by atoms with E-state index in [1.54, 1.807) is 42.6 Å². The molecular weight excluding hydrogens is 1050 g/mol. The van der Waals surface area contributed by atoms with Crippen LogP contribution in [0.1, 0.15) is 56.4 Å². The second-order valence-electron chi connectivity index (χ2n) is 18.3. The number of aromatic amines is 2. The number of aromatic nitrogens is 3. The Morgan fingerprint density at radius 3 is 1.92 bits per heavy atom. The maximum atomic E-state index is 14.6. The molecule has 0 spiro atoms. The van der Waals surface area contributed by atoms with Crippen LogP contribution in [0, 0.1) is 0 Å². The highest BCUT2D eigenvalue weighted by Gasteiger charge is 2.35. The summed E-state index contributed by atoms with van der Waals surface area (Å²) in [6.07, 6.45) is 4.53. The fourth-order valence-electron chi connectivity index (χ4n) is 8.05. The van der Waals surface area contributed by atoms with Gasteiger partial charge in [0.25, 0.3) is 0 Å². The summed E-state index contributed by atoms with van der Waals surface area (Å²) in [7, 11) is 2.02. The van der Waals surface area contributed by atoms with Gasteiger partial charge in [-0.25, -0.2) is 4.98 Å². The lowest BCUT2D eigenvalue weighted by Gasteiger charge is -2.27. The Balaban J connectivity index is 1.55. The molecule has 0 saturated carbocycles. The summed E-state index contributed by atoms with van der Waals surface area (Å²) < 4.78 is 0. The predicted molar refractivity (Wildman–Crippen MR) is 295 cm³/mol. The van der Waals surface area contributed by atoms with Crippen molar-refractivity contribution in [1.82, 2.24) is 57.5 Å². The van der Waals surface area contributed by atoms with Gasteiger partial charge < -0.3 is 81.2 Å². The van der Waals surface area contributed by atoms with Gasteiger partial charge in [-0.3, -0.25) is 53.1 Å². The van der Waals surface area contributed by atoms with Gasteiger partial charge in [-0.15, -0.1) is 0 Å². The van der Waals surface area contributed by atoms with E-state index in [1.807, 2.05) is 18.2 Å². The first-order chi connectivity index (χ1) is 37.3. The number of aliphatic imine (C=N–C) groups is 2. The zero-order valence-corrected chi connectivity index (χ0v) is 44.7. The van der Waals surface area contributed by atoms with Crippen LogP contribution >= 0.6 is 21.6 Å². The average molecular weight is 1120 g/mol. The molecule has 1 aliphatic heterocycles. The smallest absolute Gasteiger partial charge is 0.244 e. The van der Waals surface area contributed by atoms with E-state index in [9.17, 15) is 43.2 Å². The van der Waals surface area contributed by atoms with Crippen molar-refractivity contribution >= 4 is 97.6 Å². The van der Waals surface area contributed by atoms with Crippen molar-refractivity contribution in [2.75, 3.05) is 24.6 Å². The molecule has 2 aromatic carbocycles. The number of carbonyl (C=O) groups excluding carboxylic acids is 9. The number of nitrogens with one attached hydrogen (secondary N) is 10. The van der Waals surface area contributed by atoms with Crippen molar-refractivity contribution in [3.05, 3.63) is 90.1 Å². The van der Waals surface area contributed by atoms with Gasteiger partial charge in [-0.2, -0.15) is 0 Å². The molecule has 0 aliphatic carbocycles. The number of fused-ring (bicyclic) bond motifs is 1. The maximum absolute atomic E-state index is 14.6. The van der Waals surface area contributed by atoms with Crippen LogP contribution in [0.25, 0.3) is 10.9 Å². The molecule has 8 atom stereocenters. The SMILES string of the molecule is CC(=O)N[C@@H](CCCN=C(N)N)C(=O)NC1CSSCC(C(N)=O)NC(=O)[C@H](Cc2c[nH]c3ccccc23)NC(=O)[C@H](CCCN=C(N)N)NC(=O)[C@@H](Cc2ccccc2)NC(=O)C(Cc2cnc[nH]2)NC(=O)[C@@H](C)NC1=O. The molecule has 2 aromatic heterocycles. The number of imidazole rings is 1. The van der Waals surface area contributed by atoms with E-state index in [2.05, 4.69) is 67.5 Å². The number of hydrogen-bond acceptors (Lipinski definition) is 14. The number of para-hydroxylation sites is 1. The molecule has 3 heterocycles. The Morgan fingerprint density at radius 1 is 0.679 bits per heavy atom. The number of benzene rings is 2. The highest BCUT2D eigenvalue weighted by Crippen LogP contribution is 2.24. The van der Waals surface area contributed by atoms with E-state index in [0.717, 1.165) is 32.5 Å². The largest absolute Gasteiger partial charge is 0.370 e. The van der Waals surface area contributed by atoms with Crippen LogP contribution in [0.4, 0.5) is 0 Å². The van der Waals surface area contributed by atoms with Gasteiger partial charge in [0, 0.05) is 79.8 Å². The Hall–Kier alpha value is -8.34. The van der Waals surface area contributed by atoms with Crippen molar-refractivity contribution < 1.29 is 43.2 Å². The van der Waals surface area contributed by atoms with E-state index in [4.69, 9.17) is 28.7 Å². The Morgan fingerprint density at radius 2 is 1.27 bits per heavy atom. The number of nitrogens with two attached hydrogens (primary N) is 5. The lowest BCUT2D eigenvalue weighted by Crippen LogP contribution is -2.61. The fraction of sp³-hybridized carbons (Fsp3) is 0.429. The van der Waals surface area contributed by atoms with E-state index >= 15 is 0 Å². The van der Waals surface area contributed by atoms with E-state index in [0.29, 0.717) is 16.8 Å². The van der Waals surface area contributed by atoms with Crippen LogP contribution in [-0.2, 0) is 62.4 Å². The second-order valence-corrected chi connectivity index (χ2v) is 20.8. The molecule has 1 saturated heterocycles. The van der Waals surface area contributed by atoms with Crippen molar-refractivity contribution in [1.29, 1.82) is 0 Å². The summed E-state index contributed by atoms with van der Waals surface area (Å²) in [4.78, 5) is 144. The highest BCUT2D eigenvalue weighted by molar-refractivity contribution is 8.76. The van der Waals surface area contributed by atoms with Gasteiger partial charge >= 0.3 is 0 Å². The monoisotopic (exact) mass is 1120 g/mol. The van der Waals surface area contributed by atoms with Crippen molar-refractivity contribution in [3.63, 3.8) is 0 Å². The lowest BCUT2D eigenvalue weighted by molar-refractivity contribution is -0.135. The Labute approximate surface area is 457 Å². The van der Waals surface area contributed by atoms with Crippen molar-refractivity contribution in [3.8, 4) is 0 Å². The van der Waals surface area contributed by atoms with Gasteiger partial charge in [-0.05, 0) is 49.8 Å². The molecule has 0 radical (unpaired) electrons. The van der Waals surface area contributed by atoms with Crippen molar-refractivity contribution in [2.24, 2.45) is 38.7 Å². The minimum atomic E-state index is -1.40. The minimum absolute atomic E-state index is 0.0573. The summed E-state index contributed by atoms with van der Waals surface area (Å²) in [6.45, 7) is 2.74. The highest BCUT2D eigenvalue weighted by atomic mass is 33.1. The molecule has 78 heavy (non-hydrogen) atoms. The summed E-state index contributed by atoms with van der Waals surface area (Å²) in [5.74, 6) is -7.96. The number of H-pyrrole nitrogens is 2. The quantitative estimate of drug-likeness (QED) is 0.0202. The normalized spacial score (nSPS) is 21.7. The third-order valence-corrected chi connectivity index (χ3v) is 14.5. The molecule has 0 bridgehead atoms. The summed E-state index contributed by atoms with van der Waals surface area (Å²) in [5, 5.41) is 22.1. The average Bonchev–Trinajstić information content (AvgIpc) is 4.10. The molecule has 20 N–H and O–H groups in total. The van der Waals surface area contributed by atoms with E-state index in [1.165, 1.54) is 26.4 Å². The molecule has 5 rings (SSSR count). The van der Waals surface area contributed by atoms with Gasteiger partial charge in [0.15, 0.2) is 11.9 Å². The topological polar surface area (TPSA) is 449 Å². The lowest BCUT2D eigenvalue weighted by atomic mass is 10.0. The molecule has 3 unspecified atom stereocenters. The van der Waals surface area contributed by atoms with Gasteiger partial charge in [-0.1, -0.05) is 70.1 Å². The van der Waals surface area contributed by atoms with Crippen LogP contribution in [0.15, 0.2) is 83.3 Å². The van der Waals surface area contributed by atoms with Crippen LogP contribution in [0.2, 0.25) is 0 Å². The number of carbonyl (C=O) groups is 9. The molecule has 1 aliphatic rings. The zero-order valence-electron chi connectivity index (χ0n) is 43.0. The van der Waals surface area contributed by atoms with Gasteiger partial charge in [0.2, 0.25) is 53.2 Å². The number of amides is 9. The van der Waals surface area contributed by atoms with Gasteiger partial charge in [0.1, 0.15) is 48.3 Å². The number of guanidine groups is 2.